The fourth-order valence-electron chi connectivity index (χ4n) is 1.74. The molecule has 1 unspecified atom stereocenters. The minimum atomic E-state index is -0.502. The zero-order chi connectivity index (χ0) is 13.1. The van der Waals surface area contributed by atoms with Gasteiger partial charge in [0.1, 0.15) is 12.1 Å². The highest BCUT2D eigenvalue weighted by atomic mass is 19.1. The van der Waals surface area contributed by atoms with Crippen LogP contribution in [0.4, 0.5) is 4.39 Å². The summed E-state index contributed by atoms with van der Waals surface area (Å²) in [6.07, 6.45) is 1.38. The first-order valence-electron chi connectivity index (χ1n) is 5.49. The molecule has 0 aliphatic rings. The Hall–Kier alpha value is -2.01. The number of nitrogens with two attached hydrogens (primary N) is 1. The van der Waals surface area contributed by atoms with Crippen LogP contribution in [0.5, 0.6) is 5.88 Å². The summed E-state index contributed by atoms with van der Waals surface area (Å²) in [5, 5.41) is 0. The molecule has 5 heteroatoms. The number of aromatic nitrogens is 2. The van der Waals surface area contributed by atoms with E-state index in [1.54, 1.807) is 12.1 Å². The quantitative estimate of drug-likeness (QED) is 0.900. The van der Waals surface area contributed by atoms with Crippen LogP contribution >= 0.6 is 0 Å². The third kappa shape index (κ3) is 2.46. The molecule has 2 rings (SSSR count). The van der Waals surface area contributed by atoms with Crippen LogP contribution in [0.1, 0.15) is 22.9 Å². The molecule has 0 spiro atoms. The lowest BCUT2D eigenvalue weighted by Gasteiger charge is -2.14. The van der Waals surface area contributed by atoms with Crippen molar-refractivity contribution >= 4 is 0 Å². The van der Waals surface area contributed by atoms with Crippen LogP contribution in [0.3, 0.4) is 0 Å². The van der Waals surface area contributed by atoms with Crippen LogP contribution in [-0.2, 0) is 0 Å². The average molecular weight is 247 g/mol. The van der Waals surface area contributed by atoms with Gasteiger partial charge in [0, 0.05) is 6.07 Å². The molecule has 0 radical (unpaired) electrons. The molecule has 2 aromatic rings. The van der Waals surface area contributed by atoms with Gasteiger partial charge in [-0.3, -0.25) is 0 Å². The van der Waals surface area contributed by atoms with Crippen molar-refractivity contribution in [1.82, 2.24) is 9.97 Å². The van der Waals surface area contributed by atoms with Crippen molar-refractivity contribution in [2.75, 3.05) is 7.11 Å². The predicted octanol–water partition coefficient (Wildman–Crippen LogP) is 1.98. The highest BCUT2D eigenvalue weighted by molar-refractivity contribution is 5.35. The number of halogens is 1. The minimum absolute atomic E-state index is 0.313. The number of hydrogen-bond acceptors (Lipinski definition) is 4. The van der Waals surface area contributed by atoms with Gasteiger partial charge in [-0.05, 0) is 30.2 Å². The SMILES string of the molecule is COc1cc(C(N)c2cc(F)ccc2C)ncn1. The molecule has 0 saturated carbocycles. The van der Waals surface area contributed by atoms with Crippen LogP contribution in [0.25, 0.3) is 0 Å². The van der Waals surface area contributed by atoms with E-state index in [4.69, 9.17) is 10.5 Å². The Balaban J connectivity index is 2.40. The van der Waals surface area contributed by atoms with Crippen molar-refractivity contribution in [3.63, 3.8) is 0 Å². The first kappa shape index (κ1) is 12.4. The molecule has 1 aromatic heterocycles. The number of hydrogen-bond donors (Lipinski definition) is 1. The Morgan fingerprint density at radius 1 is 1.28 bits per heavy atom. The van der Waals surface area contributed by atoms with E-state index in [0.717, 1.165) is 5.56 Å². The molecule has 18 heavy (non-hydrogen) atoms. The highest BCUT2D eigenvalue weighted by Crippen LogP contribution is 2.23. The monoisotopic (exact) mass is 247 g/mol. The van der Waals surface area contributed by atoms with Gasteiger partial charge in [0.2, 0.25) is 5.88 Å². The fourth-order valence-corrected chi connectivity index (χ4v) is 1.74. The fraction of sp³-hybridized carbons (Fsp3) is 0.231. The van der Waals surface area contributed by atoms with Crippen molar-refractivity contribution in [3.05, 3.63) is 53.2 Å². The van der Waals surface area contributed by atoms with Gasteiger partial charge >= 0.3 is 0 Å². The second-order valence-corrected chi connectivity index (χ2v) is 3.96. The average Bonchev–Trinajstić information content (AvgIpc) is 2.41. The van der Waals surface area contributed by atoms with Gasteiger partial charge in [-0.15, -0.1) is 0 Å². The summed E-state index contributed by atoms with van der Waals surface area (Å²) in [6.45, 7) is 1.88. The molecule has 1 heterocycles. The van der Waals surface area contributed by atoms with E-state index >= 15 is 0 Å². The summed E-state index contributed by atoms with van der Waals surface area (Å²) in [7, 11) is 1.52. The van der Waals surface area contributed by atoms with Gasteiger partial charge < -0.3 is 10.5 Å². The lowest BCUT2D eigenvalue weighted by atomic mass is 9.99. The maximum Gasteiger partial charge on any atom is 0.216 e. The normalized spacial score (nSPS) is 12.2. The molecule has 0 saturated heterocycles. The number of methoxy groups -OCH3 is 1. The van der Waals surface area contributed by atoms with Gasteiger partial charge in [0.15, 0.2) is 0 Å². The standard InChI is InChI=1S/C13H14FN3O/c1-8-3-4-9(14)5-10(8)13(15)11-6-12(18-2)17-7-16-11/h3-7,13H,15H2,1-2H3. The Bertz CT molecular complexity index is 560. The molecule has 0 aliphatic heterocycles. The van der Waals surface area contributed by atoms with Crippen molar-refractivity contribution in [2.45, 2.75) is 13.0 Å². The minimum Gasteiger partial charge on any atom is -0.481 e. The number of benzene rings is 1. The molecule has 0 fully saturated rings. The van der Waals surface area contributed by atoms with E-state index in [2.05, 4.69) is 9.97 Å². The molecule has 1 atom stereocenters. The van der Waals surface area contributed by atoms with Crippen LogP contribution in [0.2, 0.25) is 0 Å². The largest absolute Gasteiger partial charge is 0.481 e. The molecule has 0 bridgehead atoms. The predicted molar refractivity (Wildman–Crippen MR) is 65.8 cm³/mol. The summed E-state index contributed by atoms with van der Waals surface area (Å²) in [5.41, 5.74) is 8.31. The van der Waals surface area contributed by atoms with Crippen molar-refractivity contribution < 1.29 is 9.13 Å². The number of rotatable bonds is 3. The van der Waals surface area contributed by atoms with Crippen LogP contribution < -0.4 is 10.5 Å². The third-order valence-corrected chi connectivity index (χ3v) is 2.77. The lowest BCUT2D eigenvalue weighted by molar-refractivity contribution is 0.395. The Labute approximate surface area is 105 Å². The second-order valence-electron chi connectivity index (χ2n) is 3.96. The second kappa shape index (κ2) is 5.10. The Morgan fingerprint density at radius 2 is 2.06 bits per heavy atom. The zero-order valence-corrected chi connectivity index (χ0v) is 10.2. The Morgan fingerprint density at radius 3 is 2.78 bits per heavy atom. The number of aryl methyl sites for hydroxylation is 1. The number of nitrogens with zero attached hydrogens (tertiary/aromatic N) is 2. The molecule has 0 aliphatic carbocycles. The van der Waals surface area contributed by atoms with E-state index in [-0.39, 0.29) is 5.82 Å². The summed E-state index contributed by atoms with van der Waals surface area (Å²) >= 11 is 0. The van der Waals surface area contributed by atoms with Gasteiger partial charge in [0.25, 0.3) is 0 Å². The molecular weight excluding hydrogens is 233 g/mol. The summed E-state index contributed by atoms with van der Waals surface area (Å²) in [5.74, 6) is 0.122. The van der Waals surface area contributed by atoms with Crippen molar-refractivity contribution in [3.8, 4) is 5.88 Å². The maximum absolute atomic E-state index is 13.3. The van der Waals surface area contributed by atoms with E-state index in [9.17, 15) is 4.39 Å². The van der Waals surface area contributed by atoms with Crippen molar-refractivity contribution in [1.29, 1.82) is 0 Å². The molecule has 94 valence electrons. The third-order valence-electron chi connectivity index (χ3n) is 2.77. The molecule has 4 nitrogen and oxygen atoms in total. The topological polar surface area (TPSA) is 61.0 Å². The molecule has 2 N–H and O–H groups in total. The van der Waals surface area contributed by atoms with E-state index in [0.29, 0.717) is 17.1 Å². The van der Waals surface area contributed by atoms with Crippen molar-refractivity contribution in [2.24, 2.45) is 5.73 Å². The van der Waals surface area contributed by atoms with Gasteiger partial charge in [-0.25, -0.2) is 14.4 Å². The first-order chi connectivity index (χ1) is 8.61. The highest BCUT2D eigenvalue weighted by Gasteiger charge is 2.14. The smallest absolute Gasteiger partial charge is 0.216 e. The van der Waals surface area contributed by atoms with Gasteiger partial charge in [-0.2, -0.15) is 0 Å². The Kier molecular flexibility index (Phi) is 3.53. The van der Waals surface area contributed by atoms with E-state index in [1.807, 2.05) is 6.92 Å². The first-order valence-corrected chi connectivity index (χ1v) is 5.49. The molecular formula is C13H14FN3O. The number of ether oxygens (including phenoxy) is 1. The van der Waals surface area contributed by atoms with Crippen LogP contribution in [0.15, 0.2) is 30.6 Å². The summed E-state index contributed by atoms with van der Waals surface area (Å²) in [4.78, 5) is 8.01. The van der Waals surface area contributed by atoms with E-state index in [1.165, 1.54) is 25.6 Å². The molecule has 1 aromatic carbocycles. The summed E-state index contributed by atoms with van der Waals surface area (Å²) in [6, 6.07) is 5.68. The lowest BCUT2D eigenvalue weighted by Crippen LogP contribution is -2.15. The maximum atomic E-state index is 13.3. The van der Waals surface area contributed by atoms with Crippen LogP contribution in [-0.4, -0.2) is 17.1 Å². The zero-order valence-electron chi connectivity index (χ0n) is 10.2. The van der Waals surface area contributed by atoms with E-state index < -0.39 is 6.04 Å². The van der Waals surface area contributed by atoms with Gasteiger partial charge in [-0.1, -0.05) is 6.07 Å². The van der Waals surface area contributed by atoms with Gasteiger partial charge in [0.05, 0.1) is 18.8 Å². The molecule has 0 amide bonds. The summed E-state index contributed by atoms with van der Waals surface area (Å²) < 4.78 is 18.3. The van der Waals surface area contributed by atoms with Crippen LogP contribution in [0, 0.1) is 12.7 Å².